The van der Waals surface area contributed by atoms with Crippen LogP contribution >= 0.6 is 46.0 Å². The summed E-state index contributed by atoms with van der Waals surface area (Å²) in [6.45, 7) is 2.21. The molecule has 39 heavy (non-hydrogen) atoms. The van der Waals surface area contributed by atoms with E-state index < -0.39 is 23.6 Å². The molecule has 8 nitrogen and oxygen atoms in total. The van der Waals surface area contributed by atoms with Crippen molar-refractivity contribution in [3.8, 4) is 17.2 Å². The van der Waals surface area contributed by atoms with E-state index in [0.717, 1.165) is 25.8 Å². The first-order chi connectivity index (χ1) is 18.8. The molecular weight excluding hydrogens is 655 g/mol. The molecule has 11 heteroatoms. The second kappa shape index (κ2) is 13.2. The quantitative estimate of drug-likeness (QED) is 0.191. The highest BCUT2D eigenvalue weighted by molar-refractivity contribution is 14.1. The SMILES string of the molecule is CCOc1cc(/C=C2/SC(=O)N(CC(=O)Nc3ccc(OC)cc3)C2=O)cc(I)c1OCc1ccc(Cl)cc1. The highest BCUT2D eigenvalue weighted by Gasteiger charge is 2.36. The number of methoxy groups -OCH3 is 1. The second-order valence-corrected chi connectivity index (χ2v) is 10.8. The minimum Gasteiger partial charge on any atom is -0.497 e. The van der Waals surface area contributed by atoms with Crippen molar-refractivity contribution in [2.45, 2.75) is 13.5 Å². The molecule has 3 aromatic carbocycles. The molecule has 0 unspecified atom stereocenters. The fourth-order valence-corrected chi connectivity index (χ4v) is 5.36. The van der Waals surface area contributed by atoms with Gasteiger partial charge >= 0.3 is 0 Å². The van der Waals surface area contributed by atoms with Crippen LogP contribution in [0.25, 0.3) is 6.08 Å². The number of carbonyl (C=O) groups is 3. The van der Waals surface area contributed by atoms with Crippen LogP contribution in [0.4, 0.5) is 10.5 Å². The lowest BCUT2D eigenvalue weighted by atomic mass is 10.1. The van der Waals surface area contributed by atoms with Crippen molar-refractivity contribution in [1.29, 1.82) is 0 Å². The standard InChI is InChI=1S/C28H24ClIN2O6S/c1-3-37-23-13-18(12-22(30)26(23)38-16-17-4-6-19(29)7-5-17)14-24-27(34)32(28(35)39-24)15-25(33)31-20-8-10-21(36-2)11-9-20/h4-14H,3,15-16H2,1-2H3,(H,31,33)/b24-14+. The first kappa shape index (κ1) is 28.8. The van der Waals surface area contributed by atoms with Crippen LogP contribution in [0.1, 0.15) is 18.1 Å². The molecule has 3 amide bonds. The lowest BCUT2D eigenvalue weighted by Gasteiger charge is -2.15. The molecule has 0 atom stereocenters. The number of rotatable bonds is 10. The van der Waals surface area contributed by atoms with Gasteiger partial charge in [-0.1, -0.05) is 23.7 Å². The summed E-state index contributed by atoms with van der Waals surface area (Å²) < 4.78 is 17.7. The van der Waals surface area contributed by atoms with Crippen LogP contribution in [-0.2, 0) is 16.2 Å². The van der Waals surface area contributed by atoms with E-state index in [0.29, 0.717) is 46.7 Å². The number of carbonyl (C=O) groups excluding carboxylic acids is 3. The summed E-state index contributed by atoms with van der Waals surface area (Å²) in [5, 5.41) is 2.81. The van der Waals surface area contributed by atoms with Gasteiger partial charge in [-0.3, -0.25) is 19.3 Å². The van der Waals surface area contributed by atoms with Crippen molar-refractivity contribution in [2.24, 2.45) is 0 Å². The van der Waals surface area contributed by atoms with E-state index in [2.05, 4.69) is 27.9 Å². The van der Waals surface area contributed by atoms with Gasteiger partial charge in [0.05, 0.1) is 22.2 Å². The maximum Gasteiger partial charge on any atom is 0.294 e. The minimum absolute atomic E-state index is 0.213. The molecule has 1 heterocycles. The molecule has 1 fully saturated rings. The summed E-state index contributed by atoms with van der Waals surface area (Å²) in [4.78, 5) is 39.2. The molecule has 0 spiro atoms. The van der Waals surface area contributed by atoms with Crippen LogP contribution in [0.15, 0.2) is 65.6 Å². The van der Waals surface area contributed by atoms with Gasteiger partial charge in [0.1, 0.15) is 18.9 Å². The Morgan fingerprint density at radius 1 is 1.08 bits per heavy atom. The number of nitrogens with zero attached hydrogens (tertiary/aromatic N) is 1. The van der Waals surface area contributed by atoms with Gasteiger partial charge in [-0.25, -0.2) is 0 Å². The Kier molecular flexibility index (Phi) is 9.76. The average molecular weight is 679 g/mol. The number of hydrogen-bond acceptors (Lipinski definition) is 7. The van der Waals surface area contributed by atoms with Crippen molar-refractivity contribution in [1.82, 2.24) is 4.90 Å². The number of ether oxygens (including phenoxy) is 3. The smallest absolute Gasteiger partial charge is 0.294 e. The third-order valence-electron chi connectivity index (χ3n) is 5.47. The zero-order valence-corrected chi connectivity index (χ0v) is 24.8. The van der Waals surface area contributed by atoms with E-state index in [4.69, 9.17) is 25.8 Å². The largest absolute Gasteiger partial charge is 0.497 e. The van der Waals surface area contributed by atoms with Gasteiger partial charge in [0.25, 0.3) is 11.1 Å². The molecule has 0 bridgehead atoms. The molecule has 0 saturated carbocycles. The van der Waals surface area contributed by atoms with E-state index in [1.807, 2.05) is 25.1 Å². The zero-order chi connectivity index (χ0) is 27.9. The van der Waals surface area contributed by atoms with Gasteiger partial charge in [-0.05, 0) is 107 Å². The van der Waals surface area contributed by atoms with E-state index in [9.17, 15) is 14.4 Å². The summed E-state index contributed by atoms with van der Waals surface area (Å²) in [7, 11) is 1.55. The van der Waals surface area contributed by atoms with Crippen molar-refractivity contribution < 1.29 is 28.6 Å². The van der Waals surface area contributed by atoms with Crippen LogP contribution in [0, 0.1) is 3.57 Å². The molecular formula is C28H24ClIN2O6S. The number of benzene rings is 3. The molecule has 202 valence electrons. The molecule has 1 saturated heterocycles. The summed E-state index contributed by atoms with van der Waals surface area (Å²) >= 11 is 8.89. The van der Waals surface area contributed by atoms with E-state index >= 15 is 0 Å². The maximum atomic E-state index is 13.0. The Labute approximate surface area is 248 Å². The number of thioether (sulfide) groups is 1. The summed E-state index contributed by atoms with van der Waals surface area (Å²) in [5.41, 5.74) is 2.14. The first-order valence-electron chi connectivity index (χ1n) is 11.8. The minimum atomic E-state index is -0.536. The molecule has 0 aromatic heterocycles. The molecule has 1 N–H and O–H groups in total. The van der Waals surface area contributed by atoms with Crippen LogP contribution in [0.2, 0.25) is 5.02 Å². The van der Waals surface area contributed by atoms with Crippen molar-refractivity contribution in [3.05, 3.63) is 85.3 Å². The fraction of sp³-hybridized carbons (Fsp3) is 0.179. The average Bonchev–Trinajstić information content (AvgIpc) is 3.17. The van der Waals surface area contributed by atoms with Crippen molar-refractivity contribution in [2.75, 3.05) is 25.6 Å². The predicted octanol–water partition coefficient (Wildman–Crippen LogP) is 6.61. The van der Waals surface area contributed by atoms with Gasteiger partial charge in [-0.2, -0.15) is 0 Å². The molecule has 0 radical (unpaired) electrons. The Bertz CT molecular complexity index is 1410. The highest BCUT2D eigenvalue weighted by Crippen LogP contribution is 2.38. The predicted molar refractivity (Wildman–Crippen MR) is 160 cm³/mol. The Balaban J connectivity index is 1.46. The van der Waals surface area contributed by atoms with Gasteiger partial charge in [0, 0.05) is 10.7 Å². The topological polar surface area (TPSA) is 94.2 Å². The zero-order valence-electron chi connectivity index (χ0n) is 21.0. The monoisotopic (exact) mass is 678 g/mol. The molecule has 3 aromatic rings. The Hall–Kier alpha value is -3.22. The van der Waals surface area contributed by atoms with Crippen LogP contribution in [0.5, 0.6) is 17.2 Å². The number of hydrogen-bond donors (Lipinski definition) is 1. The first-order valence-corrected chi connectivity index (χ1v) is 14.1. The molecule has 1 aliphatic rings. The number of halogens is 2. The fourth-order valence-electron chi connectivity index (χ4n) is 3.62. The van der Waals surface area contributed by atoms with E-state index in [1.165, 1.54) is 0 Å². The van der Waals surface area contributed by atoms with Crippen molar-refractivity contribution in [3.63, 3.8) is 0 Å². The lowest BCUT2D eigenvalue weighted by molar-refractivity contribution is -0.127. The van der Waals surface area contributed by atoms with E-state index in [1.54, 1.807) is 55.7 Å². The van der Waals surface area contributed by atoms with E-state index in [-0.39, 0.29) is 4.91 Å². The normalized spacial score (nSPS) is 14.1. The van der Waals surface area contributed by atoms with Crippen LogP contribution in [-0.4, -0.2) is 42.2 Å². The summed E-state index contributed by atoms with van der Waals surface area (Å²) in [6, 6.07) is 17.7. The van der Waals surface area contributed by atoms with Crippen LogP contribution in [0.3, 0.4) is 0 Å². The second-order valence-electron chi connectivity index (χ2n) is 8.22. The third-order valence-corrected chi connectivity index (χ3v) is 7.44. The van der Waals surface area contributed by atoms with Gasteiger partial charge in [0.2, 0.25) is 5.91 Å². The number of imide groups is 1. The third kappa shape index (κ3) is 7.46. The number of amides is 3. The summed E-state index contributed by atoms with van der Waals surface area (Å²) in [5.74, 6) is 0.716. The molecule has 0 aliphatic carbocycles. The maximum absolute atomic E-state index is 13.0. The Morgan fingerprint density at radius 3 is 2.46 bits per heavy atom. The van der Waals surface area contributed by atoms with Gasteiger partial charge < -0.3 is 19.5 Å². The molecule has 4 rings (SSSR count). The number of anilines is 1. The van der Waals surface area contributed by atoms with Crippen molar-refractivity contribution >= 4 is 74.8 Å². The lowest BCUT2D eigenvalue weighted by Crippen LogP contribution is -2.36. The van der Waals surface area contributed by atoms with Gasteiger partial charge in [-0.15, -0.1) is 0 Å². The van der Waals surface area contributed by atoms with Crippen LogP contribution < -0.4 is 19.5 Å². The van der Waals surface area contributed by atoms with Gasteiger partial charge in [0.15, 0.2) is 11.5 Å². The number of nitrogens with one attached hydrogen (secondary N) is 1. The Morgan fingerprint density at radius 2 is 1.79 bits per heavy atom. The summed E-state index contributed by atoms with van der Waals surface area (Å²) in [6.07, 6.45) is 1.61. The molecule has 1 aliphatic heterocycles. The highest BCUT2D eigenvalue weighted by atomic mass is 127.